The van der Waals surface area contributed by atoms with Crippen molar-refractivity contribution in [3.05, 3.63) is 0 Å². The maximum atomic E-state index is 9.30. The molecule has 0 aromatic rings. The molecule has 0 aromatic carbocycles. The fourth-order valence-corrected chi connectivity index (χ4v) is 2.35. The molecule has 0 radical (unpaired) electrons. The van der Waals surface area contributed by atoms with Gasteiger partial charge in [0, 0.05) is 12.6 Å². The number of nitrogens with one attached hydrogen (secondary N) is 1. The maximum absolute atomic E-state index is 9.30. The average Bonchev–Trinajstić information content (AvgIpc) is 2.99. The highest BCUT2D eigenvalue weighted by Crippen LogP contribution is 2.28. The van der Waals surface area contributed by atoms with Gasteiger partial charge in [-0.3, -0.25) is 0 Å². The number of piperidine rings is 1. The van der Waals surface area contributed by atoms with E-state index in [1.54, 1.807) is 0 Å². The van der Waals surface area contributed by atoms with Crippen LogP contribution in [0.3, 0.4) is 0 Å². The first-order chi connectivity index (χ1) is 7.24. The number of rotatable bonds is 5. The van der Waals surface area contributed by atoms with E-state index in [4.69, 9.17) is 0 Å². The summed E-state index contributed by atoms with van der Waals surface area (Å²) < 4.78 is 0. The summed E-state index contributed by atoms with van der Waals surface area (Å²) in [6.07, 6.45) is 5.20. The van der Waals surface area contributed by atoms with Crippen LogP contribution in [0.5, 0.6) is 0 Å². The van der Waals surface area contributed by atoms with E-state index >= 15 is 0 Å². The Morgan fingerprint density at radius 2 is 1.93 bits per heavy atom. The molecule has 1 unspecified atom stereocenters. The zero-order valence-corrected chi connectivity index (χ0v) is 9.78. The second-order valence-corrected chi connectivity index (χ2v) is 5.28. The Morgan fingerprint density at radius 1 is 1.27 bits per heavy atom. The Morgan fingerprint density at radius 3 is 2.47 bits per heavy atom. The molecule has 0 amide bonds. The summed E-state index contributed by atoms with van der Waals surface area (Å²) in [5.41, 5.74) is 0. The van der Waals surface area contributed by atoms with E-state index in [1.165, 1.54) is 32.2 Å². The largest absolute Gasteiger partial charge is 0.392 e. The summed E-state index contributed by atoms with van der Waals surface area (Å²) in [6.45, 7) is 6.24. The van der Waals surface area contributed by atoms with Gasteiger partial charge in [0.1, 0.15) is 0 Å². The molecule has 0 aromatic heterocycles. The van der Waals surface area contributed by atoms with Crippen LogP contribution >= 0.6 is 0 Å². The van der Waals surface area contributed by atoms with Crippen LogP contribution in [0.15, 0.2) is 0 Å². The second kappa shape index (κ2) is 5.28. The van der Waals surface area contributed by atoms with Crippen LogP contribution in [0, 0.1) is 5.92 Å². The Kier molecular flexibility index (Phi) is 4.00. The third-order valence-corrected chi connectivity index (χ3v) is 3.50. The van der Waals surface area contributed by atoms with Gasteiger partial charge < -0.3 is 15.3 Å². The molecule has 1 heterocycles. The van der Waals surface area contributed by atoms with E-state index in [1.807, 2.05) is 6.92 Å². The van der Waals surface area contributed by atoms with Crippen LogP contribution < -0.4 is 5.32 Å². The van der Waals surface area contributed by atoms with Crippen molar-refractivity contribution in [3.8, 4) is 0 Å². The molecule has 2 aliphatic rings. The van der Waals surface area contributed by atoms with Crippen molar-refractivity contribution in [2.24, 2.45) is 5.92 Å². The third-order valence-electron chi connectivity index (χ3n) is 3.50. The Balaban J connectivity index is 1.58. The SMILES string of the molecule is CC(O)CN1CCC(NCC2CC2)CC1. The lowest BCUT2D eigenvalue weighted by Gasteiger charge is -2.33. The van der Waals surface area contributed by atoms with Gasteiger partial charge in [0.25, 0.3) is 0 Å². The van der Waals surface area contributed by atoms with Gasteiger partial charge in [0.15, 0.2) is 0 Å². The van der Waals surface area contributed by atoms with Crippen molar-refractivity contribution in [1.82, 2.24) is 10.2 Å². The molecule has 2 N–H and O–H groups in total. The number of aliphatic hydroxyl groups excluding tert-OH is 1. The minimum Gasteiger partial charge on any atom is -0.392 e. The van der Waals surface area contributed by atoms with Gasteiger partial charge in [-0.15, -0.1) is 0 Å². The number of aliphatic hydroxyl groups is 1. The molecular weight excluding hydrogens is 188 g/mol. The second-order valence-electron chi connectivity index (χ2n) is 5.28. The lowest BCUT2D eigenvalue weighted by Crippen LogP contribution is -2.44. The standard InChI is InChI=1S/C12H24N2O/c1-10(15)9-14-6-4-12(5-7-14)13-8-11-2-3-11/h10-13,15H,2-9H2,1H3. The smallest absolute Gasteiger partial charge is 0.0639 e. The first-order valence-corrected chi connectivity index (χ1v) is 6.38. The van der Waals surface area contributed by atoms with Crippen LogP contribution in [0.25, 0.3) is 0 Å². The third kappa shape index (κ3) is 4.09. The van der Waals surface area contributed by atoms with Crippen LogP contribution in [-0.2, 0) is 0 Å². The minimum absolute atomic E-state index is 0.180. The summed E-state index contributed by atoms with van der Waals surface area (Å²) in [7, 11) is 0. The van der Waals surface area contributed by atoms with Crippen LogP contribution in [0.1, 0.15) is 32.6 Å². The van der Waals surface area contributed by atoms with Crippen LogP contribution in [0.4, 0.5) is 0 Å². The molecule has 1 atom stereocenters. The van der Waals surface area contributed by atoms with E-state index < -0.39 is 0 Å². The number of hydrogen-bond acceptors (Lipinski definition) is 3. The lowest BCUT2D eigenvalue weighted by molar-refractivity contribution is 0.105. The molecule has 3 nitrogen and oxygen atoms in total. The van der Waals surface area contributed by atoms with E-state index in [9.17, 15) is 5.11 Å². The van der Waals surface area contributed by atoms with Gasteiger partial charge in [-0.25, -0.2) is 0 Å². The van der Waals surface area contributed by atoms with E-state index in [-0.39, 0.29) is 6.10 Å². The molecule has 88 valence electrons. The van der Waals surface area contributed by atoms with Gasteiger partial charge >= 0.3 is 0 Å². The molecule has 3 heteroatoms. The number of nitrogens with zero attached hydrogens (tertiary/aromatic N) is 1. The predicted octanol–water partition coefficient (Wildman–Crippen LogP) is 0.831. The molecule has 1 saturated carbocycles. The Hall–Kier alpha value is -0.120. The van der Waals surface area contributed by atoms with Crippen LogP contribution in [0.2, 0.25) is 0 Å². The van der Waals surface area contributed by atoms with Gasteiger partial charge in [-0.05, 0) is 58.2 Å². The normalized spacial score (nSPS) is 26.8. The summed E-state index contributed by atoms with van der Waals surface area (Å²) in [5.74, 6) is 0.987. The zero-order chi connectivity index (χ0) is 10.7. The number of hydrogen-bond donors (Lipinski definition) is 2. The quantitative estimate of drug-likeness (QED) is 0.708. The fourth-order valence-electron chi connectivity index (χ4n) is 2.35. The van der Waals surface area contributed by atoms with Crippen molar-refractivity contribution in [2.75, 3.05) is 26.2 Å². The summed E-state index contributed by atoms with van der Waals surface area (Å²) in [6, 6.07) is 0.732. The van der Waals surface area contributed by atoms with E-state index in [0.29, 0.717) is 0 Å². The molecule has 2 fully saturated rings. The van der Waals surface area contributed by atoms with Gasteiger partial charge in [0.05, 0.1) is 6.10 Å². The van der Waals surface area contributed by atoms with Gasteiger partial charge in [-0.2, -0.15) is 0 Å². The zero-order valence-electron chi connectivity index (χ0n) is 9.78. The highest BCUT2D eigenvalue weighted by Gasteiger charge is 2.24. The van der Waals surface area contributed by atoms with E-state index in [0.717, 1.165) is 31.6 Å². The average molecular weight is 212 g/mol. The Labute approximate surface area is 92.8 Å². The predicted molar refractivity (Wildman–Crippen MR) is 61.9 cm³/mol. The van der Waals surface area contributed by atoms with Crippen molar-refractivity contribution in [1.29, 1.82) is 0 Å². The molecule has 1 saturated heterocycles. The molecule has 0 bridgehead atoms. The molecule has 1 aliphatic heterocycles. The number of likely N-dealkylation sites (tertiary alicyclic amines) is 1. The van der Waals surface area contributed by atoms with Crippen molar-refractivity contribution >= 4 is 0 Å². The van der Waals surface area contributed by atoms with E-state index in [2.05, 4.69) is 10.2 Å². The molecule has 15 heavy (non-hydrogen) atoms. The molecule has 0 spiro atoms. The van der Waals surface area contributed by atoms with Gasteiger partial charge in [-0.1, -0.05) is 0 Å². The first-order valence-electron chi connectivity index (χ1n) is 6.38. The van der Waals surface area contributed by atoms with Crippen LogP contribution in [-0.4, -0.2) is 48.3 Å². The number of β-amino-alcohol motifs (C(OH)–C–C–N with tert-alkyl or cyclic N) is 1. The summed E-state index contributed by atoms with van der Waals surface area (Å²) in [4.78, 5) is 2.37. The van der Waals surface area contributed by atoms with Crippen molar-refractivity contribution in [3.63, 3.8) is 0 Å². The topological polar surface area (TPSA) is 35.5 Å². The fraction of sp³-hybridized carbons (Fsp3) is 1.00. The lowest BCUT2D eigenvalue weighted by atomic mass is 10.0. The maximum Gasteiger partial charge on any atom is 0.0639 e. The first kappa shape index (κ1) is 11.4. The molecule has 1 aliphatic carbocycles. The minimum atomic E-state index is -0.180. The monoisotopic (exact) mass is 212 g/mol. The Bertz CT molecular complexity index is 184. The van der Waals surface area contributed by atoms with Gasteiger partial charge in [0.2, 0.25) is 0 Å². The highest BCUT2D eigenvalue weighted by atomic mass is 16.3. The van der Waals surface area contributed by atoms with Crippen molar-refractivity contribution in [2.45, 2.75) is 44.8 Å². The summed E-state index contributed by atoms with van der Waals surface area (Å²) in [5, 5.41) is 13.0. The highest BCUT2D eigenvalue weighted by molar-refractivity contribution is 4.82. The molecular formula is C12H24N2O. The molecule has 2 rings (SSSR count). The van der Waals surface area contributed by atoms with Crippen molar-refractivity contribution < 1.29 is 5.11 Å². The summed E-state index contributed by atoms with van der Waals surface area (Å²) >= 11 is 0.